The molecule has 0 saturated carbocycles. The van der Waals surface area contributed by atoms with E-state index in [1.807, 2.05) is 6.92 Å². The molecular formula is C14H28IN5O2S2. The Hall–Kier alpha value is -0.460. The van der Waals surface area contributed by atoms with Crippen LogP contribution < -0.4 is 15.4 Å². The van der Waals surface area contributed by atoms with Gasteiger partial charge in [-0.05, 0) is 19.3 Å². The maximum Gasteiger partial charge on any atom is 0.208 e. The Balaban J connectivity index is 0.00000529. The number of aliphatic imine (C=N–C) groups is 1. The number of nitrogens with zero attached hydrogens (tertiary/aromatic N) is 2. The van der Waals surface area contributed by atoms with Gasteiger partial charge in [0.25, 0.3) is 0 Å². The van der Waals surface area contributed by atoms with Crippen molar-refractivity contribution in [3.63, 3.8) is 0 Å². The fourth-order valence-corrected chi connectivity index (χ4v) is 3.10. The summed E-state index contributed by atoms with van der Waals surface area (Å²) in [7, 11) is -3.12. The molecule has 7 nitrogen and oxygen atoms in total. The van der Waals surface area contributed by atoms with Crippen molar-refractivity contribution in [1.82, 2.24) is 20.3 Å². The molecule has 140 valence electrons. The molecule has 0 aliphatic heterocycles. The average Bonchev–Trinajstić information content (AvgIpc) is 2.92. The highest BCUT2D eigenvalue weighted by Gasteiger charge is 2.05. The van der Waals surface area contributed by atoms with Crippen LogP contribution >= 0.6 is 35.3 Å². The van der Waals surface area contributed by atoms with E-state index >= 15 is 0 Å². The van der Waals surface area contributed by atoms with E-state index in [2.05, 4.69) is 44.6 Å². The molecule has 0 bridgehead atoms. The van der Waals surface area contributed by atoms with E-state index in [9.17, 15) is 8.42 Å². The predicted octanol–water partition coefficient (Wildman–Crippen LogP) is 1.88. The van der Waals surface area contributed by atoms with Gasteiger partial charge in [0.15, 0.2) is 5.96 Å². The molecule has 0 aromatic carbocycles. The van der Waals surface area contributed by atoms with E-state index in [0.717, 1.165) is 23.5 Å². The highest BCUT2D eigenvalue weighted by molar-refractivity contribution is 14.0. The molecule has 3 N–H and O–H groups in total. The highest BCUT2D eigenvalue weighted by Crippen LogP contribution is 2.18. The molecule has 1 heterocycles. The number of halogens is 1. The van der Waals surface area contributed by atoms with Crippen LogP contribution in [0.3, 0.4) is 0 Å². The van der Waals surface area contributed by atoms with Gasteiger partial charge in [0, 0.05) is 25.0 Å². The molecule has 1 rings (SSSR count). The largest absolute Gasteiger partial charge is 0.357 e. The number of guanidine groups is 1. The Morgan fingerprint density at radius 1 is 1.33 bits per heavy atom. The number of hydrogen-bond acceptors (Lipinski definition) is 5. The van der Waals surface area contributed by atoms with E-state index in [4.69, 9.17) is 0 Å². The molecule has 0 saturated heterocycles. The van der Waals surface area contributed by atoms with Gasteiger partial charge in [-0.2, -0.15) is 0 Å². The summed E-state index contributed by atoms with van der Waals surface area (Å²) in [5.41, 5.74) is 1.10. The second-order valence-electron chi connectivity index (χ2n) is 5.46. The van der Waals surface area contributed by atoms with Crippen LogP contribution in [0.4, 0.5) is 0 Å². The first-order valence-electron chi connectivity index (χ1n) is 7.73. The summed E-state index contributed by atoms with van der Waals surface area (Å²) in [6.07, 6.45) is 1.84. The second kappa shape index (κ2) is 12.0. The molecule has 0 amide bonds. The van der Waals surface area contributed by atoms with Crippen molar-refractivity contribution in [2.24, 2.45) is 4.99 Å². The van der Waals surface area contributed by atoms with Crippen LogP contribution in [0.15, 0.2) is 10.4 Å². The van der Waals surface area contributed by atoms with Crippen LogP contribution in [-0.4, -0.2) is 45.3 Å². The summed E-state index contributed by atoms with van der Waals surface area (Å²) in [6.45, 7) is 8.61. The second-order valence-corrected chi connectivity index (χ2v) is 8.24. The van der Waals surface area contributed by atoms with E-state index in [1.54, 1.807) is 11.3 Å². The van der Waals surface area contributed by atoms with Crippen LogP contribution in [0.25, 0.3) is 0 Å². The number of sulfonamides is 1. The summed E-state index contributed by atoms with van der Waals surface area (Å²) in [4.78, 5) is 9.06. The third-order valence-electron chi connectivity index (χ3n) is 2.89. The Labute approximate surface area is 166 Å². The molecule has 1 aromatic rings. The Morgan fingerprint density at radius 3 is 2.58 bits per heavy atom. The third kappa shape index (κ3) is 10.4. The smallest absolute Gasteiger partial charge is 0.208 e. The lowest BCUT2D eigenvalue weighted by atomic mass is 10.2. The minimum Gasteiger partial charge on any atom is -0.357 e. The molecule has 1 aromatic heterocycles. The van der Waals surface area contributed by atoms with Gasteiger partial charge in [-0.1, -0.05) is 13.8 Å². The van der Waals surface area contributed by atoms with Crippen LogP contribution in [0, 0.1) is 0 Å². The minimum absolute atomic E-state index is 0. The zero-order chi connectivity index (χ0) is 17.3. The standard InChI is InChI=1S/C14H27N5O2S2.HI/c1-5-15-14(16-7-6-8-18-23(4,20)21)17-9-13-19-12(10-22-13)11(2)3;/h10-11,18H,5-9H2,1-4H3,(H2,15,16,17);1H. The molecule has 0 radical (unpaired) electrons. The summed E-state index contributed by atoms with van der Waals surface area (Å²) in [6, 6.07) is 0. The van der Waals surface area contributed by atoms with Gasteiger partial charge in [0.2, 0.25) is 10.0 Å². The van der Waals surface area contributed by atoms with Gasteiger partial charge in [0.1, 0.15) is 5.01 Å². The van der Waals surface area contributed by atoms with Crippen molar-refractivity contribution >= 4 is 51.3 Å². The first-order chi connectivity index (χ1) is 10.8. The first kappa shape index (κ1) is 23.5. The Bertz CT molecular complexity index is 602. The zero-order valence-corrected chi connectivity index (χ0v) is 18.6. The van der Waals surface area contributed by atoms with Crippen molar-refractivity contribution in [2.75, 3.05) is 25.9 Å². The summed E-state index contributed by atoms with van der Waals surface area (Å²) < 4.78 is 24.4. The van der Waals surface area contributed by atoms with Gasteiger partial charge in [0.05, 0.1) is 18.5 Å². The van der Waals surface area contributed by atoms with Crippen molar-refractivity contribution in [3.05, 3.63) is 16.1 Å². The molecule has 0 aliphatic carbocycles. The lowest BCUT2D eigenvalue weighted by molar-refractivity contribution is 0.584. The summed E-state index contributed by atoms with van der Waals surface area (Å²) >= 11 is 1.62. The number of hydrogen-bond donors (Lipinski definition) is 3. The van der Waals surface area contributed by atoms with Crippen LogP contribution in [0.5, 0.6) is 0 Å². The lowest BCUT2D eigenvalue weighted by Crippen LogP contribution is -2.38. The van der Waals surface area contributed by atoms with E-state index in [0.29, 0.717) is 37.9 Å². The van der Waals surface area contributed by atoms with Crippen LogP contribution in [-0.2, 0) is 16.6 Å². The lowest BCUT2D eigenvalue weighted by Gasteiger charge is -2.10. The maximum atomic E-state index is 11.0. The quantitative estimate of drug-likeness (QED) is 0.213. The van der Waals surface area contributed by atoms with Crippen molar-refractivity contribution < 1.29 is 8.42 Å². The van der Waals surface area contributed by atoms with E-state index < -0.39 is 10.0 Å². The SMILES string of the molecule is CCNC(=NCc1nc(C(C)C)cs1)NCCCNS(C)(=O)=O.I. The molecule has 0 aliphatic rings. The zero-order valence-electron chi connectivity index (χ0n) is 14.6. The van der Waals surface area contributed by atoms with Crippen molar-refractivity contribution in [3.8, 4) is 0 Å². The van der Waals surface area contributed by atoms with Gasteiger partial charge >= 0.3 is 0 Å². The molecular weight excluding hydrogens is 461 g/mol. The number of rotatable bonds is 9. The predicted molar refractivity (Wildman–Crippen MR) is 112 cm³/mol. The molecule has 0 fully saturated rings. The number of nitrogens with one attached hydrogen (secondary N) is 3. The van der Waals surface area contributed by atoms with E-state index in [1.165, 1.54) is 0 Å². The minimum atomic E-state index is -3.12. The summed E-state index contributed by atoms with van der Waals surface area (Å²) in [5, 5.41) is 9.42. The van der Waals surface area contributed by atoms with Crippen LogP contribution in [0.2, 0.25) is 0 Å². The summed E-state index contributed by atoms with van der Waals surface area (Å²) in [5.74, 6) is 1.14. The monoisotopic (exact) mass is 489 g/mol. The van der Waals surface area contributed by atoms with Crippen LogP contribution in [0.1, 0.15) is 43.8 Å². The number of aromatic nitrogens is 1. The fourth-order valence-electron chi connectivity index (χ4n) is 1.70. The Kier molecular flexibility index (Phi) is 11.8. The molecule has 0 spiro atoms. The fraction of sp³-hybridized carbons (Fsp3) is 0.714. The van der Waals surface area contributed by atoms with Gasteiger partial charge < -0.3 is 10.6 Å². The molecule has 0 atom stereocenters. The average molecular weight is 489 g/mol. The van der Waals surface area contributed by atoms with E-state index in [-0.39, 0.29) is 24.0 Å². The molecule has 0 unspecified atom stereocenters. The van der Waals surface area contributed by atoms with Gasteiger partial charge in [-0.15, -0.1) is 35.3 Å². The third-order valence-corrected chi connectivity index (χ3v) is 4.47. The first-order valence-corrected chi connectivity index (χ1v) is 10.5. The maximum absolute atomic E-state index is 11.0. The topological polar surface area (TPSA) is 95.5 Å². The highest BCUT2D eigenvalue weighted by atomic mass is 127. The van der Waals surface area contributed by atoms with Crippen molar-refractivity contribution in [2.45, 2.75) is 39.7 Å². The Morgan fingerprint density at radius 2 is 2.04 bits per heavy atom. The van der Waals surface area contributed by atoms with Gasteiger partial charge in [-0.3, -0.25) is 0 Å². The molecule has 24 heavy (non-hydrogen) atoms. The number of thiazole rings is 1. The van der Waals surface area contributed by atoms with Gasteiger partial charge in [-0.25, -0.2) is 23.1 Å². The normalized spacial score (nSPS) is 12.1. The van der Waals surface area contributed by atoms with Crippen molar-refractivity contribution in [1.29, 1.82) is 0 Å². The molecule has 10 heteroatoms.